The predicted molar refractivity (Wildman–Crippen MR) is 82.2 cm³/mol. The Morgan fingerprint density at radius 3 is 2.65 bits per heavy atom. The van der Waals surface area contributed by atoms with Crippen molar-refractivity contribution in [1.29, 1.82) is 0 Å². The minimum absolute atomic E-state index is 0.231. The van der Waals surface area contributed by atoms with Crippen LogP contribution < -0.4 is 4.74 Å². The van der Waals surface area contributed by atoms with Crippen LogP contribution >= 0.6 is 0 Å². The van der Waals surface area contributed by atoms with Crippen molar-refractivity contribution >= 4 is 16.7 Å². The molecule has 0 amide bonds. The molecule has 0 spiro atoms. The lowest BCUT2D eigenvalue weighted by molar-refractivity contribution is -0.126. The Morgan fingerprint density at radius 2 is 2.00 bits per heavy atom. The average Bonchev–Trinajstić information content (AvgIpc) is 2.79. The standard InChI is InChI=1S/C17H23NO2/c1-5-11-20-15-8-6-7-14-13(15)9-10-18(14)12-16(19)17(2,3)4/h6-10H,5,11-12H2,1-4H3. The molecule has 2 aromatic rings. The van der Waals surface area contributed by atoms with E-state index in [0.29, 0.717) is 13.2 Å². The van der Waals surface area contributed by atoms with E-state index in [1.165, 1.54) is 0 Å². The second-order valence-corrected chi connectivity index (χ2v) is 6.15. The molecule has 3 nitrogen and oxygen atoms in total. The first-order chi connectivity index (χ1) is 9.43. The topological polar surface area (TPSA) is 31.2 Å². The van der Waals surface area contributed by atoms with Crippen LogP contribution in [0.15, 0.2) is 30.5 Å². The minimum Gasteiger partial charge on any atom is -0.493 e. The highest BCUT2D eigenvalue weighted by Crippen LogP contribution is 2.27. The van der Waals surface area contributed by atoms with Gasteiger partial charge in [-0.2, -0.15) is 0 Å². The number of carbonyl (C=O) groups is 1. The number of benzene rings is 1. The van der Waals surface area contributed by atoms with Crippen molar-refractivity contribution in [3.63, 3.8) is 0 Å². The lowest BCUT2D eigenvalue weighted by atomic mass is 9.91. The largest absolute Gasteiger partial charge is 0.493 e. The molecule has 2 rings (SSSR count). The predicted octanol–water partition coefficient (Wildman–Crippen LogP) is 4.05. The van der Waals surface area contributed by atoms with Gasteiger partial charge in [0.15, 0.2) is 5.78 Å². The molecule has 20 heavy (non-hydrogen) atoms. The van der Waals surface area contributed by atoms with Gasteiger partial charge in [-0.05, 0) is 24.6 Å². The molecular weight excluding hydrogens is 250 g/mol. The van der Waals surface area contributed by atoms with E-state index in [-0.39, 0.29) is 11.2 Å². The number of aromatic nitrogens is 1. The molecule has 0 saturated heterocycles. The molecule has 1 aromatic carbocycles. The number of fused-ring (bicyclic) bond motifs is 1. The molecule has 0 saturated carbocycles. The van der Waals surface area contributed by atoms with Crippen molar-refractivity contribution in [2.45, 2.75) is 40.7 Å². The summed E-state index contributed by atoms with van der Waals surface area (Å²) in [7, 11) is 0. The molecule has 0 fully saturated rings. The molecule has 0 aliphatic rings. The van der Waals surface area contributed by atoms with Gasteiger partial charge in [0.05, 0.1) is 18.7 Å². The first-order valence-corrected chi connectivity index (χ1v) is 7.17. The monoisotopic (exact) mass is 273 g/mol. The molecule has 1 aromatic heterocycles. The Balaban J connectivity index is 2.31. The smallest absolute Gasteiger partial charge is 0.157 e. The summed E-state index contributed by atoms with van der Waals surface area (Å²) in [4.78, 5) is 12.2. The van der Waals surface area contributed by atoms with Crippen LogP contribution in [0.2, 0.25) is 0 Å². The molecule has 1 heterocycles. The molecule has 0 atom stereocenters. The summed E-state index contributed by atoms with van der Waals surface area (Å²) in [6.07, 6.45) is 2.95. The molecule has 0 bridgehead atoms. The zero-order valence-corrected chi connectivity index (χ0v) is 12.8. The normalized spacial score (nSPS) is 11.8. The van der Waals surface area contributed by atoms with Gasteiger partial charge in [0.1, 0.15) is 5.75 Å². The second kappa shape index (κ2) is 5.70. The Kier molecular flexibility index (Phi) is 4.17. The fourth-order valence-corrected chi connectivity index (χ4v) is 2.06. The maximum Gasteiger partial charge on any atom is 0.157 e. The van der Waals surface area contributed by atoms with Crippen molar-refractivity contribution in [3.05, 3.63) is 30.5 Å². The van der Waals surface area contributed by atoms with Crippen molar-refractivity contribution in [1.82, 2.24) is 4.57 Å². The van der Waals surface area contributed by atoms with E-state index in [9.17, 15) is 4.79 Å². The van der Waals surface area contributed by atoms with Crippen LogP contribution in [0.5, 0.6) is 5.75 Å². The summed E-state index contributed by atoms with van der Waals surface area (Å²) in [6.45, 7) is 9.08. The van der Waals surface area contributed by atoms with Crippen molar-refractivity contribution < 1.29 is 9.53 Å². The number of ketones is 1. The lowest BCUT2D eigenvalue weighted by Gasteiger charge is -2.17. The lowest BCUT2D eigenvalue weighted by Crippen LogP contribution is -2.24. The van der Waals surface area contributed by atoms with Crippen molar-refractivity contribution in [3.8, 4) is 5.75 Å². The van der Waals surface area contributed by atoms with Gasteiger partial charge in [0, 0.05) is 17.0 Å². The van der Waals surface area contributed by atoms with Gasteiger partial charge in [0.2, 0.25) is 0 Å². The average molecular weight is 273 g/mol. The molecule has 0 radical (unpaired) electrons. The molecule has 0 aliphatic heterocycles. The molecule has 0 unspecified atom stereocenters. The number of ether oxygens (including phenoxy) is 1. The number of hydrogen-bond donors (Lipinski definition) is 0. The van der Waals surface area contributed by atoms with Gasteiger partial charge >= 0.3 is 0 Å². The van der Waals surface area contributed by atoms with E-state index in [1.54, 1.807) is 0 Å². The maximum atomic E-state index is 12.2. The van der Waals surface area contributed by atoms with E-state index in [1.807, 2.05) is 55.8 Å². The summed E-state index contributed by atoms with van der Waals surface area (Å²) >= 11 is 0. The minimum atomic E-state index is -0.313. The van der Waals surface area contributed by atoms with Crippen LogP contribution in [0, 0.1) is 5.41 Å². The zero-order chi connectivity index (χ0) is 14.8. The highest BCUT2D eigenvalue weighted by atomic mass is 16.5. The number of rotatable bonds is 5. The summed E-state index contributed by atoms with van der Waals surface area (Å²) in [5.74, 6) is 1.13. The number of Topliss-reactive ketones (excluding diaryl/α,β-unsaturated/α-hetero) is 1. The maximum absolute atomic E-state index is 12.2. The van der Waals surface area contributed by atoms with Gasteiger partial charge in [0.25, 0.3) is 0 Å². The van der Waals surface area contributed by atoms with Crippen LogP contribution in [0.1, 0.15) is 34.1 Å². The fraction of sp³-hybridized carbons (Fsp3) is 0.471. The Labute approximate surface area is 120 Å². The van der Waals surface area contributed by atoms with E-state index in [0.717, 1.165) is 23.1 Å². The third kappa shape index (κ3) is 3.03. The number of nitrogens with zero attached hydrogens (tertiary/aromatic N) is 1. The Morgan fingerprint density at radius 1 is 1.25 bits per heavy atom. The fourth-order valence-electron chi connectivity index (χ4n) is 2.06. The number of carbonyl (C=O) groups excluding carboxylic acids is 1. The third-order valence-corrected chi connectivity index (χ3v) is 3.39. The quantitative estimate of drug-likeness (QED) is 0.823. The Bertz CT molecular complexity index is 605. The highest BCUT2D eigenvalue weighted by molar-refractivity contribution is 5.89. The van der Waals surface area contributed by atoms with Gasteiger partial charge in [-0.3, -0.25) is 4.79 Å². The van der Waals surface area contributed by atoms with Gasteiger partial charge in [-0.25, -0.2) is 0 Å². The third-order valence-electron chi connectivity index (χ3n) is 3.39. The van der Waals surface area contributed by atoms with Crippen molar-refractivity contribution in [2.24, 2.45) is 5.41 Å². The van der Waals surface area contributed by atoms with Crippen LogP contribution in [0.3, 0.4) is 0 Å². The van der Waals surface area contributed by atoms with Gasteiger partial charge in [-0.15, -0.1) is 0 Å². The van der Waals surface area contributed by atoms with Crippen LogP contribution in [-0.4, -0.2) is 17.0 Å². The first kappa shape index (κ1) is 14.6. The van der Waals surface area contributed by atoms with Crippen LogP contribution in [0.4, 0.5) is 0 Å². The van der Waals surface area contributed by atoms with Gasteiger partial charge < -0.3 is 9.30 Å². The van der Waals surface area contributed by atoms with E-state index >= 15 is 0 Å². The summed E-state index contributed by atoms with van der Waals surface area (Å²) in [5, 5.41) is 1.07. The first-order valence-electron chi connectivity index (χ1n) is 7.17. The van der Waals surface area contributed by atoms with E-state index < -0.39 is 0 Å². The SMILES string of the molecule is CCCOc1cccc2c1ccn2CC(=O)C(C)(C)C. The summed E-state index contributed by atoms with van der Waals surface area (Å²) in [5.41, 5.74) is 0.739. The van der Waals surface area contributed by atoms with Crippen LogP contribution in [0.25, 0.3) is 10.9 Å². The molecule has 0 N–H and O–H groups in total. The molecular formula is C17H23NO2. The summed E-state index contributed by atoms with van der Waals surface area (Å²) in [6, 6.07) is 8.01. The molecule has 0 aliphatic carbocycles. The van der Waals surface area contributed by atoms with E-state index in [4.69, 9.17) is 4.74 Å². The summed E-state index contributed by atoms with van der Waals surface area (Å²) < 4.78 is 7.76. The molecule has 3 heteroatoms. The van der Waals surface area contributed by atoms with Crippen LogP contribution in [-0.2, 0) is 11.3 Å². The van der Waals surface area contributed by atoms with Gasteiger partial charge in [-0.1, -0.05) is 33.8 Å². The Hall–Kier alpha value is -1.77. The van der Waals surface area contributed by atoms with E-state index in [2.05, 4.69) is 6.92 Å². The van der Waals surface area contributed by atoms with Crippen molar-refractivity contribution in [2.75, 3.05) is 6.61 Å². The zero-order valence-electron chi connectivity index (χ0n) is 12.8. The second-order valence-electron chi connectivity index (χ2n) is 6.15. The molecule has 108 valence electrons. The highest BCUT2D eigenvalue weighted by Gasteiger charge is 2.21. The number of hydrogen-bond acceptors (Lipinski definition) is 2.